The fraction of sp³-hybridized carbons (Fsp3) is 0.500. The van der Waals surface area contributed by atoms with Crippen molar-refractivity contribution in [1.82, 2.24) is 0 Å². The predicted molar refractivity (Wildman–Crippen MR) is 81.2 cm³/mol. The number of amides is 1. The lowest BCUT2D eigenvalue weighted by Gasteiger charge is -2.23. The van der Waals surface area contributed by atoms with E-state index in [4.69, 9.17) is 11.0 Å². The van der Waals surface area contributed by atoms with Gasteiger partial charge >= 0.3 is 0 Å². The summed E-state index contributed by atoms with van der Waals surface area (Å²) < 4.78 is 0. The number of hydrogen-bond donors (Lipinski definition) is 2. The Bertz CT molecular complexity index is 510. The van der Waals surface area contributed by atoms with Crippen molar-refractivity contribution in [3.05, 3.63) is 29.8 Å². The number of carbonyl (C=O) groups is 1. The van der Waals surface area contributed by atoms with Gasteiger partial charge in [0.2, 0.25) is 5.91 Å². The molecule has 0 aliphatic rings. The molecule has 0 heterocycles. The van der Waals surface area contributed by atoms with Gasteiger partial charge in [0, 0.05) is 5.69 Å². The van der Waals surface area contributed by atoms with Crippen LogP contribution in [0.25, 0.3) is 0 Å². The highest BCUT2D eigenvalue weighted by Gasteiger charge is 2.27. The summed E-state index contributed by atoms with van der Waals surface area (Å²) in [7, 11) is 0. The molecule has 0 aliphatic heterocycles. The standard InChI is InChI=1S/C16H23N3O/c1-5-10-16(4,18)14(20)19-13-8-6-12(7-9-13)15(2,3)11-17/h6-9H,5,10,18H2,1-4H3,(H,19,20). The zero-order valence-corrected chi connectivity index (χ0v) is 12.7. The largest absolute Gasteiger partial charge is 0.325 e. The normalized spacial score (nSPS) is 14.2. The number of nitrogens with one attached hydrogen (secondary N) is 1. The molecule has 1 aromatic rings. The summed E-state index contributed by atoms with van der Waals surface area (Å²) in [6.45, 7) is 7.45. The molecule has 0 aromatic heterocycles. The van der Waals surface area contributed by atoms with Crippen molar-refractivity contribution in [2.75, 3.05) is 5.32 Å². The number of anilines is 1. The van der Waals surface area contributed by atoms with Crippen molar-refractivity contribution in [3.8, 4) is 6.07 Å². The van der Waals surface area contributed by atoms with E-state index in [0.717, 1.165) is 12.0 Å². The summed E-state index contributed by atoms with van der Waals surface area (Å²) in [5.74, 6) is -0.188. The Hall–Kier alpha value is -1.86. The van der Waals surface area contributed by atoms with Crippen molar-refractivity contribution < 1.29 is 4.79 Å². The molecule has 0 aliphatic carbocycles. The maximum absolute atomic E-state index is 12.1. The van der Waals surface area contributed by atoms with Gasteiger partial charge in [-0.15, -0.1) is 0 Å². The Labute approximate surface area is 121 Å². The van der Waals surface area contributed by atoms with Gasteiger partial charge in [-0.25, -0.2) is 0 Å². The molecule has 0 radical (unpaired) electrons. The van der Waals surface area contributed by atoms with Crippen LogP contribution in [0.5, 0.6) is 0 Å². The zero-order chi connectivity index (χ0) is 15.4. The van der Waals surface area contributed by atoms with Gasteiger partial charge in [-0.3, -0.25) is 4.79 Å². The Balaban J connectivity index is 2.82. The fourth-order valence-corrected chi connectivity index (χ4v) is 1.94. The zero-order valence-electron chi connectivity index (χ0n) is 12.7. The number of rotatable bonds is 5. The van der Waals surface area contributed by atoms with E-state index in [0.29, 0.717) is 12.1 Å². The quantitative estimate of drug-likeness (QED) is 0.865. The second kappa shape index (κ2) is 6.06. The van der Waals surface area contributed by atoms with Crippen LogP contribution in [0, 0.1) is 11.3 Å². The van der Waals surface area contributed by atoms with Gasteiger partial charge < -0.3 is 11.1 Å². The number of benzene rings is 1. The van der Waals surface area contributed by atoms with E-state index in [1.54, 1.807) is 19.1 Å². The third-order valence-electron chi connectivity index (χ3n) is 3.43. The molecule has 3 N–H and O–H groups in total. The first-order valence-electron chi connectivity index (χ1n) is 6.85. The van der Waals surface area contributed by atoms with Crippen molar-refractivity contribution in [2.24, 2.45) is 5.73 Å². The molecule has 4 heteroatoms. The number of carbonyl (C=O) groups excluding carboxylic acids is 1. The molecule has 0 fully saturated rings. The van der Waals surface area contributed by atoms with Crippen molar-refractivity contribution >= 4 is 11.6 Å². The molecule has 0 saturated heterocycles. The van der Waals surface area contributed by atoms with E-state index in [-0.39, 0.29) is 5.91 Å². The maximum atomic E-state index is 12.1. The molecule has 0 bridgehead atoms. The van der Waals surface area contributed by atoms with Crippen LogP contribution in [0.2, 0.25) is 0 Å². The minimum atomic E-state index is -0.862. The van der Waals surface area contributed by atoms with Gasteiger partial charge in [-0.1, -0.05) is 25.5 Å². The first-order valence-corrected chi connectivity index (χ1v) is 6.85. The highest BCUT2D eigenvalue weighted by atomic mass is 16.2. The molecular weight excluding hydrogens is 250 g/mol. The van der Waals surface area contributed by atoms with Crippen LogP contribution in [0.3, 0.4) is 0 Å². The van der Waals surface area contributed by atoms with Gasteiger partial charge in [0.15, 0.2) is 0 Å². The van der Waals surface area contributed by atoms with Gasteiger partial charge in [-0.2, -0.15) is 5.26 Å². The summed E-state index contributed by atoms with van der Waals surface area (Å²) in [6.07, 6.45) is 1.49. The van der Waals surface area contributed by atoms with Gasteiger partial charge in [-0.05, 0) is 44.9 Å². The van der Waals surface area contributed by atoms with Gasteiger partial charge in [0.1, 0.15) is 0 Å². The minimum Gasteiger partial charge on any atom is -0.325 e. The number of nitriles is 1. The highest BCUT2D eigenvalue weighted by Crippen LogP contribution is 2.24. The Morgan fingerprint density at radius 2 is 1.85 bits per heavy atom. The van der Waals surface area contributed by atoms with E-state index in [2.05, 4.69) is 11.4 Å². The van der Waals surface area contributed by atoms with Crippen molar-refractivity contribution in [3.63, 3.8) is 0 Å². The van der Waals surface area contributed by atoms with E-state index < -0.39 is 11.0 Å². The topological polar surface area (TPSA) is 78.9 Å². The predicted octanol–water partition coefficient (Wildman–Crippen LogP) is 2.94. The van der Waals surface area contributed by atoms with Crippen molar-refractivity contribution in [1.29, 1.82) is 5.26 Å². The summed E-state index contributed by atoms with van der Waals surface area (Å²) in [5.41, 5.74) is 6.20. The average Bonchev–Trinajstić information content (AvgIpc) is 2.39. The first kappa shape index (κ1) is 16.2. The molecule has 1 unspecified atom stereocenters. The molecule has 1 rings (SSSR count). The number of nitrogens with zero attached hydrogens (tertiary/aromatic N) is 1. The highest BCUT2D eigenvalue weighted by molar-refractivity contribution is 5.97. The fourth-order valence-electron chi connectivity index (χ4n) is 1.94. The molecule has 108 valence electrons. The van der Waals surface area contributed by atoms with Crippen LogP contribution in [-0.2, 0) is 10.2 Å². The van der Waals surface area contributed by atoms with Crippen LogP contribution >= 0.6 is 0 Å². The third-order valence-corrected chi connectivity index (χ3v) is 3.43. The number of hydrogen-bond acceptors (Lipinski definition) is 3. The van der Waals surface area contributed by atoms with Crippen LogP contribution in [0.15, 0.2) is 24.3 Å². The molecule has 1 aromatic carbocycles. The lowest BCUT2D eigenvalue weighted by atomic mass is 9.86. The van der Waals surface area contributed by atoms with E-state index in [1.165, 1.54) is 0 Å². The summed E-state index contributed by atoms with van der Waals surface area (Å²) in [6, 6.07) is 9.56. The molecule has 0 saturated carbocycles. The molecule has 1 atom stereocenters. The van der Waals surface area contributed by atoms with Crippen LogP contribution < -0.4 is 11.1 Å². The monoisotopic (exact) mass is 273 g/mol. The SMILES string of the molecule is CCCC(C)(N)C(=O)Nc1ccc(C(C)(C)C#N)cc1. The molecule has 4 nitrogen and oxygen atoms in total. The Kier molecular flexibility index (Phi) is 4.91. The van der Waals surface area contributed by atoms with E-state index >= 15 is 0 Å². The maximum Gasteiger partial charge on any atom is 0.244 e. The average molecular weight is 273 g/mol. The van der Waals surface area contributed by atoms with Crippen LogP contribution in [0.4, 0.5) is 5.69 Å². The summed E-state index contributed by atoms with van der Waals surface area (Å²) in [5, 5.41) is 11.9. The third kappa shape index (κ3) is 3.82. The molecule has 1 amide bonds. The van der Waals surface area contributed by atoms with Crippen molar-refractivity contribution in [2.45, 2.75) is 51.5 Å². The van der Waals surface area contributed by atoms with E-state index in [9.17, 15) is 4.79 Å². The van der Waals surface area contributed by atoms with E-state index in [1.807, 2.05) is 32.9 Å². The first-order chi connectivity index (χ1) is 9.23. The second-order valence-electron chi connectivity index (χ2n) is 5.94. The minimum absolute atomic E-state index is 0.188. The van der Waals surface area contributed by atoms with Gasteiger partial charge in [0.05, 0.1) is 17.0 Å². The lowest BCUT2D eigenvalue weighted by molar-refractivity contribution is -0.120. The summed E-state index contributed by atoms with van der Waals surface area (Å²) >= 11 is 0. The molecule has 0 spiro atoms. The second-order valence-corrected chi connectivity index (χ2v) is 5.94. The lowest BCUT2D eigenvalue weighted by Crippen LogP contribution is -2.48. The Morgan fingerprint density at radius 3 is 2.30 bits per heavy atom. The Morgan fingerprint density at radius 1 is 1.30 bits per heavy atom. The van der Waals surface area contributed by atoms with Crippen LogP contribution in [0.1, 0.15) is 46.1 Å². The number of nitrogens with two attached hydrogens (primary N) is 1. The van der Waals surface area contributed by atoms with Gasteiger partial charge in [0.25, 0.3) is 0 Å². The molecule has 20 heavy (non-hydrogen) atoms. The molecular formula is C16H23N3O. The summed E-state index contributed by atoms with van der Waals surface area (Å²) in [4.78, 5) is 12.1. The van der Waals surface area contributed by atoms with Crippen LogP contribution in [-0.4, -0.2) is 11.4 Å². The smallest absolute Gasteiger partial charge is 0.244 e.